The summed E-state index contributed by atoms with van der Waals surface area (Å²) in [5.41, 5.74) is 1.20. The second-order valence-electron chi connectivity index (χ2n) is 4.49. The van der Waals surface area contributed by atoms with Crippen LogP contribution in [0.1, 0.15) is 45.1 Å². The molecule has 0 amide bonds. The minimum Gasteiger partial charge on any atom is -0.481 e. The van der Waals surface area contributed by atoms with Crippen LogP contribution in [0.3, 0.4) is 0 Å². The second-order valence-corrected chi connectivity index (χ2v) is 4.49. The zero-order valence-corrected chi connectivity index (χ0v) is 11.2. The molecule has 1 unspecified atom stereocenters. The van der Waals surface area contributed by atoms with Crippen molar-refractivity contribution in [1.29, 1.82) is 0 Å². The van der Waals surface area contributed by atoms with Crippen LogP contribution >= 0.6 is 0 Å². The predicted octanol–water partition coefficient (Wildman–Crippen LogP) is 3.15. The van der Waals surface area contributed by atoms with Crippen LogP contribution in [0.2, 0.25) is 0 Å². The van der Waals surface area contributed by atoms with E-state index in [-0.39, 0.29) is 0 Å². The van der Waals surface area contributed by atoms with Gasteiger partial charge in [0.25, 0.3) is 0 Å². The summed E-state index contributed by atoms with van der Waals surface area (Å²) in [6.07, 6.45) is 7.04. The van der Waals surface area contributed by atoms with E-state index in [9.17, 15) is 0 Å². The van der Waals surface area contributed by atoms with Gasteiger partial charge in [0.05, 0.1) is 7.11 Å². The van der Waals surface area contributed by atoms with Gasteiger partial charge in [0, 0.05) is 24.8 Å². The van der Waals surface area contributed by atoms with Gasteiger partial charge in [-0.15, -0.1) is 0 Å². The molecule has 0 radical (unpaired) electrons. The van der Waals surface area contributed by atoms with Crippen LogP contribution in [0.25, 0.3) is 0 Å². The van der Waals surface area contributed by atoms with Gasteiger partial charge in [0.1, 0.15) is 0 Å². The Morgan fingerprint density at radius 2 is 2.18 bits per heavy atom. The van der Waals surface area contributed by atoms with Gasteiger partial charge in [-0.3, -0.25) is 0 Å². The molecule has 17 heavy (non-hydrogen) atoms. The highest BCUT2D eigenvalue weighted by atomic mass is 16.5. The summed E-state index contributed by atoms with van der Waals surface area (Å²) in [5.74, 6) is 0.671. The number of methoxy groups -OCH3 is 1. The van der Waals surface area contributed by atoms with Crippen molar-refractivity contribution in [2.24, 2.45) is 0 Å². The molecule has 0 aliphatic heterocycles. The molecule has 1 aromatic rings. The molecule has 3 heteroatoms. The van der Waals surface area contributed by atoms with E-state index in [1.807, 2.05) is 12.3 Å². The van der Waals surface area contributed by atoms with E-state index in [0.29, 0.717) is 11.9 Å². The van der Waals surface area contributed by atoms with E-state index >= 15 is 0 Å². The van der Waals surface area contributed by atoms with Gasteiger partial charge >= 0.3 is 0 Å². The molecule has 1 atom stereocenters. The van der Waals surface area contributed by atoms with Crippen molar-refractivity contribution < 1.29 is 4.74 Å². The zero-order chi connectivity index (χ0) is 12.5. The van der Waals surface area contributed by atoms with E-state index in [2.05, 4.69) is 30.2 Å². The summed E-state index contributed by atoms with van der Waals surface area (Å²) in [6, 6.07) is 4.53. The minimum atomic E-state index is 0.573. The number of hydrogen-bond donors (Lipinski definition) is 1. The highest BCUT2D eigenvalue weighted by Crippen LogP contribution is 2.07. The molecule has 1 N–H and O–H groups in total. The number of ether oxygens (including phenoxy) is 1. The van der Waals surface area contributed by atoms with Crippen LogP contribution in [0.15, 0.2) is 18.3 Å². The molecule has 1 aromatic heterocycles. The van der Waals surface area contributed by atoms with Crippen molar-refractivity contribution in [3.63, 3.8) is 0 Å². The number of hydrogen-bond acceptors (Lipinski definition) is 3. The van der Waals surface area contributed by atoms with Crippen LogP contribution < -0.4 is 10.1 Å². The van der Waals surface area contributed by atoms with E-state index in [1.54, 1.807) is 7.11 Å². The molecule has 0 aliphatic carbocycles. The monoisotopic (exact) mass is 236 g/mol. The van der Waals surface area contributed by atoms with Crippen molar-refractivity contribution in [1.82, 2.24) is 10.3 Å². The van der Waals surface area contributed by atoms with Gasteiger partial charge in [-0.2, -0.15) is 0 Å². The Kier molecular flexibility index (Phi) is 6.63. The molecular weight excluding hydrogens is 212 g/mol. The Balaban J connectivity index is 2.24. The predicted molar refractivity (Wildman–Crippen MR) is 71.2 cm³/mol. The van der Waals surface area contributed by atoms with E-state index < -0.39 is 0 Å². The maximum absolute atomic E-state index is 5.03. The third-order valence-corrected chi connectivity index (χ3v) is 2.90. The molecule has 3 nitrogen and oxygen atoms in total. The van der Waals surface area contributed by atoms with Crippen LogP contribution in [0.5, 0.6) is 5.88 Å². The fourth-order valence-corrected chi connectivity index (χ4v) is 1.73. The van der Waals surface area contributed by atoms with E-state index in [1.165, 1.54) is 31.2 Å². The van der Waals surface area contributed by atoms with Gasteiger partial charge in [0.15, 0.2) is 0 Å². The summed E-state index contributed by atoms with van der Waals surface area (Å²) in [5, 5.41) is 3.51. The molecule has 0 spiro atoms. The van der Waals surface area contributed by atoms with Crippen molar-refractivity contribution in [3.05, 3.63) is 23.9 Å². The third-order valence-electron chi connectivity index (χ3n) is 2.90. The van der Waals surface area contributed by atoms with Crippen molar-refractivity contribution in [2.75, 3.05) is 7.11 Å². The van der Waals surface area contributed by atoms with Gasteiger partial charge in [-0.1, -0.05) is 32.3 Å². The number of nitrogens with zero attached hydrogens (tertiary/aromatic N) is 1. The Hall–Kier alpha value is -1.09. The number of unbranched alkanes of at least 4 members (excludes halogenated alkanes) is 2. The average Bonchev–Trinajstić information content (AvgIpc) is 2.37. The van der Waals surface area contributed by atoms with Gasteiger partial charge < -0.3 is 10.1 Å². The van der Waals surface area contributed by atoms with Gasteiger partial charge in [0.2, 0.25) is 5.88 Å². The van der Waals surface area contributed by atoms with Crippen LogP contribution in [0.4, 0.5) is 0 Å². The number of aromatic nitrogens is 1. The lowest BCUT2D eigenvalue weighted by Gasteiger charge is -2.13. The van der Waals surface area contributed by atoms with Crippen molar-refractivity contribution >= 4 is 0 Å². The summed E-state index contributed by atoms with van der Waals surface area (Å²) < 4.78 is 5.03. The standard InChI is InChI=1S/C14H24N2O/c1-4-5-6-7-12(2)15-10-13-8-9-14(17-3)16-11-13/h8-9,11-12,15H,4-7,10H2,1-3H3. The normalized spacial score (nSPS) is 12.4. The van der Waals surface area contributed by atoms with Gasteiger partial charge in [-0.25, -0.2) is 4.98 Å². The maximum Gasteiger partial charge on any atom is 0.212 e. The number of pyridine rings is 1. The lowest BCUT2D eigenvalue weighted by Crippen LogP contribution is -2.25. The Bertz CT molecular complexity index is 298. The molecule has 1 heterocycles. The summed E-state index contributed by atoms with van der Waals surface area (Å²) in [6.45, 7) is 5.36. The number of rotatable bonds is 8. The summed E-state index contributed by atoms with van der Waals surface area (Å²) in [4.78, 5) is 4.19. The molecule has 1 rings (SSSR count). The Morgan fingerprint density at radius 3 is 2.76 bits per heavy atom. The quantitative estimate of drug-likeness (QED) is 0.704. The number of nitrogens with one attached hydrogen (secondary N) is 1. The molecule has 0 aliphatic rings. The Morgan fingerprint density at radius 1 is 1.35 bits per heavy atom. The third kappa shape index (κ3) is 5.68. The second kappa shape index (κ2) is 8.07. The summed E-state index contributed by atoms with van der Waals surface area (Å²) in [7, 11) is 1.63. The SMILES string of the molecule is CCCCCC(C)NCc1ccc(OC)nc1. The van der Waals surface area contributed by atoms with Crippen LogP contribution in [-0.4, -0.2) is 18.1 Å². The minimum absolute atomic E-state index is 0.573. The van der Waals surface area contributed by atoms with Crippen LogP contribution in [0, 0.1) is 0 Å². The average molecular weight is 236 g/mol. The smallest absolute Gasteiger partial charge is 0.212 e. The maximum atomic E-state index is 5.03. The Labute approximate surface area is 105 Å². The fraction of sp³-hybridized carbons (Fsp3) is 0.643. The highest BCUT2D eigenvalue weighted by Gasteiger charge is 2.01. The summed E-state index contributed by atoms with van der Waals surface area (Å²) >= 11 is 0. The fourth-order valence-electron chi connectivity index (χ4n) is 1.73. The molecular formula is C14H24N2O. The lowest BCUT2D eigenvalue weighted by molar-refractivity contribution is 0.397. The first-order chi connectivity index (χ1) is 8.26. The molecule has 0 saturated heterocycles. The highest BCUT2D eigenvalue weighted by molar-refractivity contribution is 5.17. The first kappa shape index (κ1) is 14.0. The molecule has 0 fully saturated rings. The van der Waals surface area contributed by atoms with E-state index in [0.717, 1.165) is 6.54 Å². The lowest BCUT2D eigenvalue weighted by atomic mass is 10.1. The zero-order valence-electron chi connectivity index (χ0n) is 11.2. The molecule has 0 aromatic carbocycles. The molecule has 0 bridgehead atoms. The first-order valence-corrected chi connectivity index (χ1v) is 6.48. The van der Waals surface area contributed by atoms with Gasteiger partial charge in [-0.05, 0) is 18.9 Å². The van der Waals surface area contributed by atoms with Crippen molar-refractivity contribution in [2.45, 2.75) is 52.1 Å². The largest absolute Gasteiger partial charge is 0.481 e. The van der Waals surface area contributed by atoms with Crippen molar-refractivity contribution in [3.8, 4) is 5.88 Å². The van der Waals surface area contributed by atoms with E-state index in [4.69, 9.17) is 4.74 Å². The first-order valence-electron chi connectivity index (χ1n) is 6.48. The topological polar surface area (TPSA) is 34.1 Å². The molecule has 0 saturated carbocycles. The molecule has 96 valence electrons. The van der Waals surface area contributed by atoms with Crippen LogP contribution in [-0.2, 0) is 6.54 Å².